The van der Waals surface area contributed by atoms with Crippen molar-refractivity contribution in [3.8, 4) is 11.5 Å². The molecule has 4 nitrogen and oxygen atoms in total. The van der Waals surface area contributed by atoms with E-state index in [2.05, 4.69) is 5.32 Å². The molecule has 17 heavy (non-hydrogen) atoms. The molecule has 3 rings (SSSR count). The highest BCUT2D eigenvalue weighted by Gasteiger charge is 2.26. The molecule has 0 amide bonds. The van der Waals surface area contributed by atoms with Crippen molar-refractivity contribution in [3.63, 3.8) is 0 Å². The number of nitrogens with one attached hydrogen (secondary N) is 1. The first kappa shape index (κ1) is 11.1. The minimum Gasteiger partial charge on any atom is -0.454 e. The van der Waals surface area contributed by atoms with Crippen molar-refractivity contribution in [3.05, 3.63) is 22.7 Å². The first-order valence-corrected chi connectivity index (χ1v) is 6.21. The second-order valence-electron chi connectivity index (χ2n) is 4.47. The average Bonchev–Trinajstić information content (AvgIpc) is 3.01. The van der Waals surface area contributed by atoms with Gasteiger partial charge in [0.2, 0.25) is 6.79 Å². The van der Waals surface area contributed by atoms with Crippen LogP contribution in [0.3, 0.4) is 0 Å². The molecule has 0 radical (unpaired) electrons. The van der Waals surface area contributed by atoms with Crippen LogP contribution in [0.2, 0.25) is 5.02 Å². The third-order valence-electron chi connectivity index (χ3n) is 3.10. The molecule has 1 aliphatic heterocycles. The van der Waals surface area contributed by atoms with Crippen molar-refractivity contribution in [2.75, 3.05) is 13.3 Å². The maximum atomic E-state index is 6.15. The van der Waals surface area contributed by atoms with E-state index in [4.69, 9.17) is 26.8 Å². The SMILES string of the molecule is NCC(NC1CC1)c1cc(Cl)c2c(c1)OCO2. The summed E-state index contributed by atoms with van der Waals surface area (Å²) in [5, 5.41) is 4.08. The Morgan fingerprint density at radius 1 is 1.41 bits per heavy atom. The Morgan fingerprint density at radius 2 is 2.24 bits per heavy atom. The van der Waals surface area contributed by atoms with Gasteiger partial charge in [-0.3, -0.25) is 0 Å². The molecule has 92 valence electrons. The van der Waals surface area contributed by atoms with Gasteiger partial charge in [0.15, 0.2) is 11.5 Å². The van der Waals surface area contributed by atoms with Crippen molar-refractivity contribution in [1.29, 1.82) is 0 Å². The number of fused-ring (bicyclic) bond motifs is 1. The summed E-state index contributed by atoms with van der Waals surface area (Å²) in [6.45, 7) is 0.786. The highest BCUT2D eigenvalue weighted by Crippen LogP contribution is 2.41. The lowest BCUT2D eigenvalue weighted by Crippen LogP contribution is -2.29. The van der Waals surface area contributed by atoms with Crippen LogP contribution in [0.1, 0.15) is 24.4 Å². The van der Waals surface area contributed by atoms with Crippen molar-refractivity contribution < 1.29 is 9.47 Å². The fraction of sp³-hybridized carbons (Fsp3) is 0.500. The fourth-order valence-corrected chi connectivity index (χ4v) is 2.30. The third-order valence-corrected chi connectivity index (χ3v) is 3.38. The molecule has 0 saturated heterocycles. The summed E-state index contributed by atoms with van der Waals surface area (Å²) in [4.78, 5) is 0. The Bertz CT molecular complexity index is 435. The van der Waals surface area contributed by atoms with E-state index in [0.717, 1.165) is 5.56 Å². The fourth-order valence-electron chi connectivity index (χ4n) is 2.02. The van der Waals surface area contributed by atoms with Crippen LogP contribution >= 0.6 is 11.6 Å². The molecule has 1 unspecified atom stereocenters. The van der Waals surface area contributed by atoms with Crippen LogP contribution in [0.25, 0.3) is 0 Å². The summed E-state index contributed by atoms with van der Waals surface area (Å²) in [5.74, 6) is 1.35. The summed E-state index contributed by atoms with van der Waals surface area (Å²) < 4.78 is 10.6. The molecule has 2 aliphatic rings. The van der Waals surface area contributed by atoms with Crippen LogP contribution in [-0.2, 0) is 0 Å². The molecule has 1 atom stereocenters. The quantitative estimate of drug-likeness (QED) is 0.861. The molecule has 1 aromatic carbocycles. The number of nitrogens with two attached hydrogens (primary N) is 1. The normalized spacial score (nSPS) is 19.4. The van der Waals surface area contributed by atoms with Gasteiger partial charge in [0.25, 0.3) is 0 Å². The molecular weight excluding hydrogens is 240 g/mol. The van der Waals surface area contributed by atoms with Crippen LogP contribution in [-0.4, -0.2) is 19.4 Å². The minimum atomic E-state index is 0.134. The largest absolute Gasteiger partial charge is 0.454 e. The lowest BCUT2D eigenvalue weighted by Gasteiger charge is -2.17. The molecule has 0 bridgehead atoms. The predicted molar refractivity (Wildman–Crippen MR) is 65.5 cm³/mol. The summed E-state index contributed by atoms with van der Waals surface area (Å²) in [5.41, 5.74) is 6.86. The van der Waals surface area contributed by atoms with Gasteiger partial charge in [-0.1, -0.05) is 11.6 Å². The van der Waals surface area contributed by atoms with Crippen molar-refractivity contribution in [2.24, 2.45) is 5.73 Å². The zero-order valence-electron chi connectivity index (χ0n) is 9.41. The Labute approximate surface area is 105 Å². The van der Waals surface area contributed by atoms with Gasteiger partial charge in [0.05, 0.1) is 5.02 Å². The van der Waals surface area contributed by atoms with E-state index in [0.29, 0.717) is 29.1 Å². The minimum absolute atomic E-state index is 0.134. The van der Waals surface area contributed by atoms with Gasteiger partial charge >= 0.3 is 0 Å². The van der Waals surface area contributed by atoms with Gasteiger partial charge in [-0.25, -0.2) is 0 Å². The van der Waals surface area contributed by atoms with E-state index in [9.17, 15) is 0 Å². The number of ether oxygens (including phenoxy) is 2. The summed E-state index contributed by atoms with van der Waals surface area (Å²) >= 11 is 6.15. The summed E-state index contributed by atoms with van der Waals surface area (Å²) in [7, 11) is 0. The van der Waals surface area contributed by atoms with Crippen molar-refractivity contribution >= 4 is 11.6 Å². The highest BCUT2D eigenvalue weighted by atomic mass is 35.5. The first-order valence-electron chi connectivity index (χ1n) is 5.83. The van der Waals surface area contributed by atoms with Crippen LogP contribution in [0.5, 0.6) is 11.5 Å². The number of hydrogen-bond acceptors (Lipinski definition) is 4. The second kappa shape index (κ2) is 4.37. The monoisotopic (exact) mass is 254 g/mol. The second-order valence-corrected chi connectivity index (χ2v) is 4.87. The van der Waals surface area contributed by atoms with E-state index < -0.39 is 0 Å². The summed E-state index contributed by atoms with van der Waals surface area (Å²) in [6, 6.07) is 4.60. The smallest absolute Gasteiger partial charge is 0.231 e. The van der Waals surface area contributed by atoms with Gasteiger partial charge in [-0.05, 0) is 30.5 Å². The maximum absolute atomic E-state index is 6.15. The molecule has 5 heteroatoms. The lowest BCUT2D eigenvalue weighted by atomic mass is 10.1. The molecule has 0 spiro atoms. The van der Waals surface area contributed by atoms with Crippen LogP contribution < -0.4 is 20.5 Å². The number of halogens is 1. The number of hydrogen-bond donors (Lipinski definition) is 2. The topological polar surface area (TPSA) is 56.5 Å². The van der Waals surface area contributed by atoms with E-state index in [-0.39, 0.29) is 12.8 Å². The standard InChI is InChI=1S/C12H15ClN2O2/c13-9-3-7(4-11-12(9)17-6-16-11)10(5-14)15-8-1-2-8/h3-4,8,10,15H,1-2,5-6,14H2. The predicted octanol–water partition coefficient (Wildman–Crippen LogP) is 1.82. The number of benzene rings is 1. The molecule has 1 aromatic rings. The van der Waals surface area contributed by atoms with Crippen LogP contribution in [0, 0.1) is 0 Å². The van der Waals surface area contributed by atoms with Gasteiger partial charge in [0.1, 0.15) is 0 Å². The molecule has 1 saturated carbocycles. The van der Waals surface area contributed by atoms with Crippen molar-refractivity contribution in [1.82, 2.24) is 5.32 Å². The Morgan fingerprint density at radius 3 is 2.94 bits per heavy atom. The average molecular weight is 255 g/mol. The zero-order valence-corrected chi connectivity index (χ0v) is 10.2. The van der Waals surface area contributed by atoms with Gasteiger partial charge in [-0.15, -0.1) is 0 Å². The highest BCUT2D eigenvalue weighted by molar-refractivity contribution is 6.32. The van der Waals surface area contributed by atoms with Crippen LogP contribution in [0.4, 0.5) is 0 Å². The van der Waals surface area contributed by atoms with E-state index >= 15 is 0 Å². The summed E-state index contributed by atoms with van der Waals surface area (Å²) in [6.07, 6.45) is 2.46. The number of rotatable bonds is 4. The molecule has 3 N–H and O–H groups in total. The molecule has 1 fully saturated rings. The van der Waals surface area contributed by atoms with Gasteiger partial charge < -0.3 is 20.5 Å². The van der Waals surface area contributed by atoms with E-state index in [1.165, 1.54) is 12.8 Å². The van der Waals surface area contributed by atoms with Crippen LogP contribution in [0.15, 0.2) is 12.1 Å². The molecular formula is C12H15ClN2O2. The molecule has 0 aromatic heterocycles. The van der Waals surface area contributed by atoms with E-state index in [1.807, 2.05) is 12.1 Å². The van der Waals surface area contributed by atoms with Gasteiger partial charge in [-0.2, -0.15) is 0 Å². The Hall–Kier alpha value is -0.970. The maximum Gasteiger partial charge on any atom is 0.231 e. The Kier molecular flexibility index (Phi) is 2.86. The van der Waals surface area contributed by atoms with Gasteiger partial charge in [0, 0.05) is 18.6 Å². The third kappa shape index (κ3) is 2.20. The molecule has 1 heterocycles. The zero-order chi connectivity index (χ0) is 11.8. The van der Waals surface area contributed by atoms with Crippen molar-refractivity contribution in [2.45, 2.75) is 24.9 Å². The Balaban J connectivity index is 1.88. The molecule has 1 aliphatic carbocycles. The van der Waals surface area contributed by atoms with E-state index in [1.54, 1.807) is 0 Å². The lowest BCUT2D eigenvalue weighted by molar-refractivity contribution is 0.174. The first-order chi connectivity index (χ1) is 8.28.